The first-order valence-corrected chi connectivity index (χ1v) is 14.6. The summed E-state index contributed by atoms with van der Waals surface area (Å²) in [4.78, 5) is 23.7. The predicted molar refractivity (Wildman–Crippen MR) is 153 cm³/mol. The fourth-order valence-corrected chi connectivity index (χ4v) is 6.78. The van der Waals surface area contributed by atoms with Gasteiger partial charge in [0.1, 0.15) is 17.5 Å². The van der Waals surface area contributed by atoms with Crippen molar-refractivity contribution in [1.82, 2.24) is 20.2 Å². The summed E-state index contributed by atoms with van der Waals surface area (Å²) in [6.45, 7) is 3.24. The number of hydrogen-bond acceptors (Lipinski definition) is 8. The summed E-state index contributed by atoms with van der Waals surface area (Å²) in [6, 6.07) is 10.5. The molecular formula is C29H39ClN8O. The van der Waals surface area contributed by atoms with E-state index in [9.17, 15) is 10.1 Å². The lowest BCUT2D eigenvalue weighted by atomic mass is 9.64. The fourth-order valence-electron chi connectivity index (χ4n) is 6.57. The van der Waals surface area contributed by atoms with Crippen LogP contribution in [0.4, 0.5) is 11.8 Å². The summed E-state index contributed by atoms with van der Waals surface area (Å²) < 4.78 is 0. The Morgan fingerprint density at radius 2 is 1.87 bits per heavy atom. The highest BCUT2D eigenvalue weighted by molar-refractivity contribution is 6.31. The molecule has 1 unspecified atom stereocenters. The van der Waals surface area contributed by atoms with Crippen molar-refractivity contribution in [2.75, 3.05) is 36.8 Å². The number of carbonyl (C=O) groups is 1. The highest BCUT2D eigenvalue weighted by Crippen LogP contribution is 2.43. The van der Waals surface area contributed by atoms with Crippen LogP contribution in [-0.4, -0.2) is 59.0 Å². The average Bonchev–Trinajstić information content (AvgIpc) is 2.94. The molecule has 2 bridgehead atoms. The second-order valence-corrected chi connectivity index (χ2v) is 11.7. The molecule has 3 aliphatic rings. The second-order valence-electron chi connectivity index (χ2n) is 11.3. The minimum absolute atomic E-state index is 0.204. The van der Waals surface area contributed by atoms with E-state index in [1.165, 1.54) is 19.3 Å². The molecule has 2 saturated carbocycles. The number of anilines is 2. The quantitative estimate of drug-likeness (QED) is 0.371. The minimum Gasteiger partial charge on any atom is -0.369 e. The van der Waals surface area contributed by atoms with Crippen LogP contribution in [0.25, 0.3) is 0 Å². The number of nitrogens with two attached hydrogens (primary N) is 1. The molecule has 1 amide bonds. The number of hydrogen-bond donors (Lipinski definition) is 4. The van der Waals surface area contributed by atoms with Crippen LogP contribution in [-0.2, 0) is 11.3 Å². The Kier molecular flexibility index (Phi) is 9.17. The van der Waals surface area contributed by atoms with Gasteiger partial charge in [0.05, 0.1) is 12.7 Å². The van der Waals surface area contributed by atoms with Crippen LogP contribution in [0.2, 0.25) is 5.02 Å². The van der Waals surface area contributed by atoms with Crippen LogP contribution in [0.3, 0.4) is 0 Å². The molecule has 4 atom stereocenters. The van der Waals surface area contributed by atoms with E-state index in [4.69, 9.17) is 17.3 Å². The van der Waals surface area contributed by atoms with Gasteiger partial charge in [-0.05, 0) is 67.9 Å². The first-order chi connectivity index (χ1) is 19.0. The van der Waals surface area contributed by atoms with Crippen molar-refractivity contribution in [2.24, 2.45) is 23.5 Å². The van der Waals surface area contributed by atoms with Crippen molar-refractivity contribution in [2.45, 2.75) is 63.6 Å². The lowest BCUT2D eigenvalue weighted by molar-refractivity contribution is -0.131. The molecule has 10 heteroatoms. The summed E-state index contributed by atoms with van der Waals surface area (Å²) in [5.41, 5.74) is 7.39. The first kappa shape index (κ1) is 27.6. The number of piperidine rings is 1. The van der Waals surface area contributed by atoms with E-state index >= 15 is 0 Å². The predicted octanol–water partition coefficient (Wildman–Crippen LogP) is 3.76. The Morgan fingerprint density at radius 1 is 1.13 bits per heavy atom. The Bertz CT molecular complexity index is 1160. The van der Waals surface area contributed by atoms with Crippen molar-refractivity contribution in [3.8, 4) is 6.07 Å². The lowest BCUT2D eigenvalue weighted by Gasteiger charge is -2.46. The van der Waals surface area contributed by atoms with Gasteiger partial charge < -0.3 is 26.6 Å². The van der Waals surface area contributed by atoms with Crippen molar-refractivity contribution < 1.29 is 4.79 Å². The fraction of sp³-hybridized carbons (Fsp3) is 0.586. The van der Waals surface area contributed by atoms with Crippen molar-refractivity contribution in [1.29, 1.82) is 5.26 Å². The van der Waals surface area contributed by atoms with E-state index in [0.29, 0.717) is 59.2 Å². The number of nitriles is 1. The van der Waals surface area contributed by atoms with Gasteiger partial charge in [0, 0.05) is 43.3 Å². The van der Waals surface area contributed by atoms with Crippen molar-refractivity contribution >= 4 is 29.3 Å². The third-order valence-electron chi connectivity index (χ3n) is 8.68. The minimum atomic E-state index is 0.204. The maximum Gasteiger partial charge on any atom is 0.236 e. The molecule has 1 saturated heterocycles. The van der Waals surface area contributed by atoms with Gasteiger partial charge in [0.15, 0.2) is 0 Å². The van der Waals surface area contributed by atoms with Gasteiger partial charge in [-0.2, -0.15) is 10.2 Å². The summed E-state index contributed by atoms with van der Waals surface area (Å²) in [7, 11) is 0. The Balaban J connectivity index is 1.14. The van der Waals surface area contributed by atoms with Crippen LogP contribution in [0.15, 0.2) is 30.5 Å². The Labute approximate surface area is 235 Å². The molecule has 0 spiro atoms. The number of likely N-dealkylation sites (tertiary alicyclic amines) is 1. The van der Waals surface area contributed by atoms with Gasteiger partial charge in [-0.25, -0.2) is 4.98 Å². The van der Waals surface area contributed by atoms with Gasteiger partial charge in [-0.3, -0.25) is 4.79 Å². The Hall–Kier alpha value is -2.93. The highest BCUT2D eigenvalue weighted by atomic mass is 35.5. The largest absolute Gasteiger partial charge is 0.369 e. The molecule has 1 aromatic carbocycles. The van der Waals surface area contributed by atoms with Crippen LogP contribution >= 0.6 is 11.6 Å². The molecule has 9 nitrogen and oxygen atoms in total. The second kappa shape index (κ2) is 12.9. The number of nitrogens with zero attached hydrogens (tertiary/aromatic N) is 4. The number of aromatic nitrogens is 2. The molecular weight excluding hydrogens is 512 g/mol. The maximum absolute atomic E-state index is 12.8. The topological polar surface area (TPSA) is 132 Å². The number of fused-ring (bicyclic) bond motifs is 2. The third-order valence-corrected chi connectivity index (χ3v) is 9.05. The van der Waals surface area contributed by atoms with Crippen LogP contribution in [0.5, 0.6) is 0 Å². The van der Waals surface area contributed by atoms with E-state index in [2.05, 4.69) is 32.0 Å². The molecule has 39 heavy (non-hydrogen) atoms. The van der Waals surface area contributed by atoms with E-state index in [0.717, 1.165) is 50.9 Å². The molecule has 2 heterocycles. The summed E-state index contributed by atoms with van der Waals surface area (Å²) in [6.07, 6.45) is 9.23. The lowest BCUT2D eigenvalue weighted by Crippen LogP contribution is -2.53. The number of rotatable bonds is 9. The number of benzene rings is 1. The number of nitrogens with one attached hydrogen (secondary N) is 3. The van der Waals surface area contributed by atoms with Gasteiger partial charge >= 0.3 is 0 Å². The van der Waals surface area contributed by atoms with Crippen molar-refractivity contribution in [3.05, 3.63) is 46.6 Å². The number of amides is 1. The number of carbonyl (C=O) groups excluding carboxylic acids is 1. The van der Waals surface area contributed by atoms with E-state index in [-0.39, 0.29) is 11.9 Å². The summed E-state index contributed by atoms with van der Waals surface area (Å²) in [5, 5.41) is 20.6. The normalized spacial score (nSPS) is 25.1. The zero-order valence-corrected chi connectivity index (χ0v) is 23.2. The zero-order chi connectivity index (χ0) is 27.2. The zero-order valence-electron chi connectivity index (χ0n) is 22.4. The molecule has 3 fully saturated rings. The van der Waals surface area contributed by atoms with Crippen LogP contribution in [0.1, 0.15) is 56.1 Å². The molecule has 0 radical (unpaired) electrons. The van der Waals surface area contributed by atoms with Crippen LogP contribution < -0.4 is 21.7 Å². The molecule has 5 rings (SSSR count). The monoisotopic (exact) mass is 550 g/mol. The van der Waals surface area contributed by atoms with Gasteiger partial charge in [-0.15, -0.1) is 0 Å². The van der Waals surface area contributed by atoms with Crippen LogP contribution in [0, 0.1) is 29.1 Å². The molecule has 2 aliphatic carbocycles. The molecule has 1 aromatic heterocycles. The van der Waals surface area contributed by atoms with Gasteiger partial charge in [-0.1, -0.05) is 36.2 Å². The molecule has 5 N–H and O–H groups in total. The highest BCUT2D eigenvalue weighted by Gasteiger charge is 2.40. The van der Waals surface area contributed by atoms with E-state index < -0.39 is 0 Å². The number of halogens is 1. The SMILES string of the molecule is N#Cc1cnc(NCc2ccccc2Cl)nc1NCC1C[C@H]2CCC[C@@H](C1)[C@@H]2NCC(=O)N1CCC(N)CC1. The van der Waals surface area contributed by atoms with E-state index in [1.54, 1.807) is 6.20 Å². The third kappa shape index (κ3) is 6.99. The smallest absolute Gasteiger partial charge is 0.236 e. The van der Waals surface area contributed by atoms with Gasteiger partial charge in [0.2, 0.25) is 11.9 Å². The summed E-state index contributed by atoms with van der Waals surface area (Å²) >= 11 is 6.27. The average molecular weight is 551 g/mol. The van der Waals surface area contributed by atoms with Gasteiger partial charge in [0.25, 0.3) is 0 Å². The molecule has 1 aliphatic heterocycles. The maximum atomic E-state index is 12.8. The molecule has 208 valence electrons. The van der Waals surface area contributed by atoms with E-state index in [1.807, 2.05) is 29.2 Å². The molecule has 2 aromatic rings. The Morgan fingerprint density at radius 3 is 2.59 bits per heavy atom. The summed E-state index contributed by atoms with van der Waals surface area (Å²) in [5.74, 6) is 2.86. The van der Waals surface area contributed by atoms with Crippen molar-refractivity contribution in [3.63, 3.8) is 0 Å². The first-order valence-electron chi connectivity index (χ1n) is 14.2. The standard InChI is InChI=1S/C29H39ClN8O/c30-25-7-2-1-4-22(25)16-35-29-36-17-23(14-31)28(37-29)34-15-19-12-20-5-3-6-21(13-19)27(20)33-18-26(39)38-10-8-24(32)9-11-38/h1-2,4,7,17,19-21,24,27,33H,3,5-6,8-13,15-16,18,32H2,(H2,34,35,36,37)/t19?,20-,21+,27-.